The van der Waals surface area contributed by atoms with Crippen LogP contribution in [0.1, 0.15) is 51.4 Å². The Balaban J connectivity index is 1.83. The molecule has 0 radical (unpaired) electrons. The van der Waals surface area contributed by atoms with E-state index >= 15 is 0 Å². The molecule has 0 nitrogen and oxygen atoms in total. The molecule has 3 aliphatic carbocycles. The summed E-state index contributed by atoms with van der Waals surface area (Å²) in [6.45, 7) is 0. The van der Waals surface area contributed by atoms with Crippen LogP contribution in [0.25, 0.3) is 0 Å². The fourth-order valence-electron chi connectivity index (χ4n) is 4.04. The lowest BCUT2D eigenvalue weighted by molar-refractivity contribution is 0.162. The van der Waals surface area contributed by atoms with Crippen LogP contribution in [-0.4, -0.2) is 0 Å². The van der Waals surface area contributed by atoms with E-state index in [9.17, 15) is 0 Å². The molecule has 0 aromatic heterocycles. The van der Waals surface area contributed by atoms with Crippen LogP contribution in [0, 0.1) is 17.8 Å². The Morgan fingerprint density at radius 1 is 1.00 bits per heavy atom. The summed E-state index contributed by atoms with van der Waals surface area (Å²) in [5.74, 6) is 3.06. The Hall–Kier alpha value is -0.520. The molecule has 0 saturated heterocycles. The fourth-order valence-corrected chi connectivity index (χ4v) is 4.04. The number of hydrogen-bond acceptors (Lipinski definition) is 0. The van der Waals surface area contributed by atoms with Crippen LogP contribution in [0.15, 0.2) is 23.8 Å². The summed E-state index contributed by atoms with van der Waals surface area (Å²) in [5, 5.41) is 0. The maximum atomic E-state index is 2.59. The summed E-state index contributed by atoms with van der Waals surface area (Å²) in [6, 6.07) is 0. The summed E-state index contributed by atoms with van der Waals surface area (Å²) in [4.78, 5) is 0. The minimum atomic E-state index is 0.957. The Morgan fingerprint density at radius 3 is 2.93 bits per heavy atom. The van der Waals surface area contributed by atoms with Gasteiger partial charge in [-0.25, -0.2) is 0 Å². The van der Waals surface area contributed by atoms with Gasteiger partial charge in [0, 0.05) is 0 Å². The Labute approximate surface area is 93.5 Å². The summed E-state index contributed by atoms with van der Waals surface area (Å²) >= 11 is 0. The first-order chi connectivity index (χ1) is 7.45. The van der Waals surface area contributed by atoms with Crippen molar-refractivity contribution in [3.05, 3.63) is 23.8 Å². The largest absolute Gasteiger partial charge is 0.0882 e. The van der Waals surface area contributed by atoms with Gasteiger partial charge in [-0.2, -0.15) is 0 Å². The van der Waals surface area contributed by atoms with Gasteiger partial charge in [0.05, 0.1) is 0 Å². The third-order valence-electron chi connectivity index (χ3n) is 4.81. The van der Waals surface area contributed by atoms with Gasteiger partial charge in [0.25, 0.3) is 0 Å². The highest BCUT2D eigenvalue weighted by atomic mass is 14.4. The maximum Gasteiger partial charge on any atom is -0.0136 e. The third-order valence-corrected chi connectivity index (χ3v) is 4.81. The van der Waals surface area contributed by atoms with Crippen molar-refractivity contribution in [1.82, 2.24) is 0 Å². The lowest BCUT2D eigenvalue weighted by Gasteiger charge is -2.41. The summed E-state index contributed by atoms with van der Waals surface area (Å²) in [5.41, 5.74) is 1.78. The zero-order valence-electron chi connectivity index (χ0n) is 9.62. The summed E-state index contributed by atoms with van der Waals surface area (Å²) in [6.07, 6.45) is 18.8. The summed E-state index contributed by atoms with van der Waals surface area (Å²) in [7, 11) is 0. The van der Waals surface area contributed by atoms with Crippen LogP contribution < -0.4 is 0 Å². The standard InChI is InChI=1S/C15H22/c1-2-6-12-10-11-13-7-4-5-9-15(13)14(12)8-3-1/h1-2,10,13-15H,3-9,11H2. The van der Waals surface area contributed by atoms with Gasteiger partial charge in [-0.15, -0.1) is 0 Å². The molecule has 3 rings (SSSR count). The average molecular weight is 202 g/mol. The van der Waals surface area contributed by atoms with E-state index in [2.05, 4.69) is 18.2 Å². The van der Waals surface area contributed by atoms with E-state index in [0.717, 1.165) is 17.8 Å². The molecule has 0 aliphatic heterocycles. The lowest BCUT2D eigenvalue weighted by Crippen LogP contribution is -2.30. The van der Waals surface area contributed by atoms with E-state index in [0.29, 0.717) is 0 Å². The van der Waals surface area contributed by atoms with E-state index in [1.165, 1.54) is 51.4 Å². The van der Waals surface area contributed by atoms with Crippen molar-refractivity contribution < 1.29 is 0 Å². The molecular weight excluding hydrogens is 180 g/mol. The fraction of sp³-hybridized carbons (Fsp3) is 0.733. The van der Waals surface area contributed by atoms with Gasteiger partial charge in [-0.3, -0.25) is 0 Å². The molecular formula is C15H22. The van der Waals surface area contributed by atoms with Crippen LogP contribution in [0.2, 0.25) is 0 Å². The van der Waals surface area contributed by atoms with Gasteiger partial charge in [-0.1, -0.05) is 36.6 Å². The number of rotatable bonds is 0. The average Bonchev–Trinajstić information content (AvgIpc) is 2.54. The molecule has 0 amide bonds. The molecule has 0 heterocycles. The monoisotopic (exact) mass is 202 g/mol. The van der Waals surface area contributed by atoms with Gasteiger partial charge in [-0.05, 0) is 56.3 Å². The predicted octanol–water partition coefficient (Wildman–Crippen LogP) is 4.48. The molecule has 0 spiro atoms. The lowest BCUT2D eigenvalue weighted by atomic mass is 9.64. The molecule has 3 unspecified atom stereocenters. The first kappa shape index (κ1) is 9.69. The topological polar surface area (TPSA) is 0 Å². The first-order valence-corrected chi connectivity index (χ1v) is 6.79. The van der Waals surface area contributed by atoms with Crippen LogP contribution in [0.4, 0.5) is 0 Å². The van der Waals surface area contributed by atoms with Crippen molar-refractivity contribution in [3.8, 4) is 0 Å². The van der Waals surface area contributed by atoms with Gasteiger partial charge in [0.2, 0.25) is 0 Å². The molecule has 1 fully saturated rings. The minimum Gasteiger partial charge on any atom is -0.0882 e. The highest BCUT2D eigenvalue weighted by molar-refractivity contribution is 5.19. The Kier molecular flexibility index (Phi) is 2.68. The molecule has 82 valence electrons. The molecule has 0 bridgehead atoms. The van der Waals surface area contributed by atoms with Crippen molar-refractivity contribution in [1.29, 1.82) is 0 Å². The molecule has 3 atom stereocenters. The van der Waals surface area contributed by atoms with Crippen LogP contribution in [-0.2, 0) is 0 Å². The molecule has 0 aromatic carbocycles. The second-order valence-corrected chi connectivity index (χ2v) is 5.58. The van der Waals surface area contributed by atoms with Crippen LogP contribution in [0.5, 0.6) is 0 Å². The van der Waals surface area contributed by atoms with Crippen molar-refractivity contribution >= 4 is 0 Å². The summed E-state index contributed by atoms with van der Waals surface area (Å²) < 4.78 is 0. The van der Waals surface area contributed by atoms with Crippen LogP contribution >= 0.6 is 0 Å². The number of allylic oxidation sites excluding steroid dienone is 4. The second kappa shape index (κ2) is 4.15. The molecule has 1 saturated carbocycles. The molecule has 0 N–H and O–H groups in total. The minimum absolute atomic E-state index is 0.957. The maximum absolute atomic E-state index is 2.59. The van der Waals surface area contributed by atoms with E-state index in [-0.39, 0.29) is 0 Å². The SMILES string of the molecule is C1=CCC2=CCC3CCCCC3C2CC1. The van der Waals surface area contributed by atoms with Crippen molar-refractivity contribution in [2.24, 2.45) is 17.8 Å². The second-order valence-electron chi connectivity index (χ2n) is 5.58. The van der Waals surface area contributed by atoms with Gasteiger partial charge < -0.3 is 0 Å². The first-order valence-electron chi connectivity index (χ1n) is 6.79. The predicted molar refractivity (Wildman–Crippen MR) is 64.6 cm³/mol. The van der Waals surface area contributed by atoms with E-state index < -0.39 is 0 Å². The smallest absolute Gasteiger partial charge is 0.0136 e. The molecule has 15 heavy (non-hydrogen) atoms. The Bertz CT molecular complexity index is 284. The number of fused-ring (bicyclic) bond motifs is 3. The quantitative estimate of drug-likeness (QED) is 0.508. The van der Waals surface area contributed by atoms with Crippen molar-refractivity contribution in [2.45, 2.75) is 51.4 Å². The third kappa shape index (κ3) is 1.79. The van der Waals surface area contributed by atoms with Crippen molar-refractivity contribution in [2.75, 3.05) is 0 Å². The molecule has 0 heteroatoms. The van der Waals surface area contributed by atoms with E-state index in [1.54, 1.807) is 5.57 Å². The zero-order valence-corrected chi connectivity index (χ0v) is 9.62. The van der Waals surface area contributed by atoms with Gasteiger partial charge >= 0.3 is 0 Å². The molecule has 0 aromatic rings. The zero-order chi connectivity index (χ0) is 10.1. The normalized spacial score (nSPS) is 40.0. The Morgan fingerprint density at radius 2 is 1.93 bits per heavy atom. The van der Waals surface area contributed by atoms with Gasteiger partial charge in [0.15, 0.2) is 0 Å². The number of hydrogen-bond donors (Lipinski definition) is 0. The van der Waals surface area contributed by atoms with Crippen molar-refractivity contribution in [3.63, 3.8) is 0 Å². The van der Waals surface area contributed by atoms with E-state index in [1.807, 2.05) is 0 Å². The van der Waals surface area contributed by atoms with E-state index in [4.69, 9.17) is 0 Å². The van der Waals surface area contributed by atoms with Crippen LogP contribution in [0.3, 0.4) is 0 Å². The molecule has 3 aliphatic rings. The highest BCUT2D eigenvalue weighted by Crippen LogP contribution is 2.47. The van der Waals surface area contributed by atoms with Gasteiger partial charge in [0.1, 0.15) is 0 Å². The highest BCUT2D eigenvalue weighted by Gasteiger charge is 2.35.